The van der Waals surface area contributed by atoms with Crippen LogP contribution in [0.2, 0.25) is 0 Å². The van der Waals surface area contributed by atoms with Crippen LogP contribution >= 0.6 is 11.3 Å². The van der Waals surface area contributed by atoms with E-state index in [4.69, 9.17) is 9.84 Å². The second-order valence-electron chi connectivity index (χ2n) is 4.56. The molecule has 0 saturated heterocycles. The van der Waals surface area contributed by atoms with Crippen LogP contribution < -0.4 is 0 Å². The van der Waals surface area contributed by atoms with E-state index in [9.17, 15) is 4.79 Å². The monoisotopic (exact) mass is 255 g/mol. The van der Waals surface area contributed by atoms with Crippen LogP contribution in [0.4, 0.5) is 0 Å². The molecular formula is C12H17NO3S. The number of ether oxygens (including phenoxy) is 1. The predicted octanol–water partition coefficient (Wildman–Crippen LogP) is 2.94. The minimum atomic E-state index is -0.965. The molecule has 1 heterocycles. The van der Waals surface area contributed by atoms with Crippen LogP contribution in [0, 0.1) is 5.92 Å². The number of carboxylic acid groups (broad SMARTS) is 1. The molecule has 1 saturated carbocycles. The fourth-order valence-corrected chi connectivity index (χ4v) is 2.83. The number of carbonyl (C=O) groups is 1. The summed E-state index contributed by atoms with van der Waals surface area (Å²) < 4.78 is 5.83. The normalized spacial score (nSPS) is 24.8. The van der Waals surface area contributed by atoms with Crippen LogP contribution in [-0.4, -0.2) is 22.2 Å². The van der Waals surface area contributed by atoms with Crippen LogP contribution in [0.3, 0.4) is 0 Å². The molecule has 0 spiro atoms. The van der Waals surface area contributed by atoms with E-state index in [2.05, 4.69) is 11.9 Å². The van der Waals surface area contributed by atoms with Gasteiger partial charge in [0.15, 0.2) is 0 Å². The summed E-state index contributed by atoms with van der Waals surface area (Å²) in [5.74, 6) is -0.367. The van der Waals surface area contributed by atoms with Crippen molar-refractivity contribution in [3.63, 3.8) is 0 Å². The zero-order chi connectivity index (χ0) is 12.3. The number of carboxylic acids is 1. The summed E-state index contributed by atoms with van der Waals surface area (Å²) >= 11 is 1.15. The highest BCUT2D eigenvalue weighted by Gasteiger charge is 2.22. The number of rotatable bonds is 4. The zero-order valence-corrected chi connectivity index (χ0v) is 10.7. The summed E-state index contributed by atoms with van der Waals surface area (Å²) in [6, 6.07) is 0. The maximum atomic E-state index is 10.7. The first-order valence-electron chi connectivity index (χ1n) is 5.96. The lowest BCUT2D eigenvalue weighted by atomic mass is 9.88. The molecule has 1 aromatic heterocycles. The summed E-state index contributed by atoms with van der Waals surface area (Å²) in [7, 11) is 0. The third-order valence-corrected chi connectivity index (χ3v) is 4.09. The average molecular weight is 255 g/mol. The Kier molecular flexibility index (Phi) is 4.12. The Bertz CT molecular complexity index is 391. The SMILES string of the molecule is CC1CCCCC1OCc1csc(C(=O)O)n1. The molecule has 2 rings (SSSR count). The number of thiazole rings is 1. The van der Waals surface area contributed by atoms with Gasteiger partial charge in [-0.1, -0.05) is 19.8 Å². The van der Waals surface area contributed by atoms with Gasteiger partial charge in [0.1, 0.15) is 0 Å². The van der Waals surface area contributed by atoms with Gasteiger partial charge in [0.25, 0.3) is 0 Å². The van der Waals surface area contributed by atoms with Crippen LogP contribution in [0.1, 0.15) is 48.1 Å². The molecule has 0 bridgehead atoms. The van der Waals surface area contributed by atoms with Crippen molar-refractivity contribution in [2.75, 3.05) is 0 Å². The first kappa shape index (κ1) is 12.5. The van der Waals surface area contributed by atoms with Gasteiger partial charge >= 0.3 is 5.97 Å². The van der Waals surface area contributed by atoms with E-state index in [1.807, 2.05) is 0 Å². The van der Waals surface area contributed by atoms with Crippen LogP contribution in [0.25, 0.3) is 0 Å². The molecule has 1 N–H and O–H groups in total. The van der Waals surface area contributed by atoms with Crippen LogP contribution in [-0.2, 0) is 11.3 Å². The van der Waals surface area contributed by atoms with Gasteiger partial charge in [-0.25, -0.2) is 9.78 Å². The maximum Gasteiger partial charge on any atom is 0.365 e. The van der Waals surface area contributed by atoms with Crippen molar-refractivity contribution in [3.8, 4) is 0 Å². The molecule has 1 aliphatic rings. The largest absolute Gasteiger partial charge is 0.476 e. The Morgan fingerprint density at radius 3 is 3.00 bits per heavy atom. The first-order chi connectivity index (χ1) is 8.16. The smallest absolute Gasteiger partial charge is 0.365 e. The van der Waals surface area contributed by atoms with Crippen molar-refractivity contribution in [1.82, 2.24) is 4.98 Å². The molecule has 1 aromatic rings. The molecule has 2 unspecified atom stereocenters. The van der Waals surface area contributed by atoms with E-state index in [1.54, 1.807) is 5.38 Å². The summed E-state index contributed by atoms with van der Waals surface area (Å²) in [4.78, 5) is 14.7. The number of nitrogens with zero attached hydrogens (tertiary/aromatic N) is 1. The highest BCUT2D eigenvalue weighted by molar-refractivity contribution is 7.11. The molecule has 17 heavy (non-hydrogen) atoms. The lowest BCUT2D eigenvalue weighted by molar-refractivity contribution is -0.0166. The van der Waals surface area contributed by atoms with E-state index < -0.39 is 5.97 Å². The maximum absolute atomic E-state index is 10.7. The number of aromatic carboxylic acids is 1. The highest BCUT2D eigenvalue weighted by Crippen LogP contribution is 2.27. The summed E-state index contributed by atoms with van der Waals surface area (Å²) in [5, 5.41) is 10.7. The summed E-state index contributed by atoms with van der Waals surface area (Å²) in [6.45, 7) is 2.65. The molecule has 94 valence electrons. The van der Waals surface area contributed by atoms with Crippen LogP contribution in [0.5, 0.6) is 0 Å². The summed E-state index contributed by atoms with van der Waals surface area (Å²) in [5.41, 5.74) is 0.727. The molecule has 5 heteroatoms. The minimum absolute atomic E-state index is 0.139. The van der Waals surface area contributed by atoms with Crippen molar-refractivity contribution < 1.29 is 14.6 Å². The Balaban J connectivity index is 1.86. The molecular weight excluding hydrogens is 238 g/mol. The van der Waals surface area contributed by atoms with E-state index in [-0.39, 0.29) is 5.01 Å². The Morgan fingerprint density at radius 2 is 2.35 bits per heavy atom. The fourth-order valence-electron chi connectivity index (χ4n) is 2.19. The van der Waals surface area contributed by atoms with Crippen molar-refractivity contribution in [1.29, 1.82) is 0 Å². The van der Waals surface area contributed by atoms with Gasteiger partial charge in [-0.2, -0.15) is 0 Å². The van der Waals surface area contributed by atoms with E-state index >= 15 is 0 Å². The van der Waals surface area contributed by atoms with Crippen molar-refractivity contribution in [2.24, 2.45) is 5.92 Å². The van der Waals surface area contributed by atoms with Gasteiger partial charge in [-0.15, -0.1) is 11.3 Å². The van der Waals surface area contributed by atoms with Crippen molar-refractivity contribution >= 4 is 17.3 Å². The number of hydrogen-bond acceptors (Lipinski definition) is 4. The fraction of sp³-hybridized carbons (Fsp3) is 0.667. The minimum Gasteiger partial charge on any atom is -0.476 e. The quantitative estimate of drug-likeness (QED) is 0.898. The van der Waals surface area contributed by atoms with Gasteiger partial charge in [-0.3, -0.25) is 0 Å². The third-order valence-electron chi connectivity index (χ3n) is 3.21. The molecule has 1 fully saturated rings. The summed E-state index contributed by atoms with van der Waals surface area (Å²) in [6.07, 6.45) is 5.16. The Hall–Kier alpha value is -0.940. The van der Waals surface area contributed by atoms with Gasteiger partial charge in [0, 0.05) is 5.38 Å². The van der Waals surface area contributed by atoms with Crippen molar-refractivity contribution in [2.45, 2.75) is 45.3 Å². The van der Waals surface area contributed by atoms with Crippen LogP contribution in [0.15, 0.2) is 5.38 Å². The molecule has 2 atom stereocenters. The molecule has 0 aromatic carbocycles. The molecule has 4 nitrogen and oxygen atoms in total. The van der Waals surface area contributed by atoms with Gasteiger partial charge in [0.2, 0.25) is 5.01 Å². The van der Waals surface area contributed by atoms with E-state index in [0.29, 0.717) is 18.6 Å². The number of hydrogen-bond donors (Lipinski definition) is 1. The van der Waals surface area contributed by atoms with Crippen molar-refractivity contribution in [3.05, 3.63) is 16.1 Å². The first-order valence-corrected chi connectivity index (χ1v) is 6.84. The topological polar surface area (TPSA) is 59.4 Å². The molecule has 1 aliphatic carbocycles. The van der Waals surface area contributed by atoms with E-state index in [0.717, 1.165) is 23.5 Å². The Morgan fingerprint density at radius 1 is 1.59 bits per heavy atom. The molecule has 0 radical (unpaired) electrons. The zero-order valence-electron chi connectivity index (χ0n) is 9.89. The van der Waals surface area contributed by atoms with Gasteiger partial charge in [0.05, 0.1) is 18.4 Å². The number of aromatic nitrogens is 1. The van der Waals surface area contributed by atoms with Gasteiger partial charge in [-0.05, 0) is 18.8 Å². The predicted molar refractivity (Wildman–Crippen MR) is 65.3 cm³/mol. The second kappa shape index (κ2) is 5.60. The van der Waals surface area contributed by atoms with Gasteiger partial charge < -0.3 is 9.84 Å². The lowest BCUT2D eigenvalue weighted by Crippen LogP contribution is -2.25. The average Bonchev–Trinajstić information content (AvgIpc) is 2.77. The molecule has 0 amide bonds. The molecule has 0 aliphatic heterocycles. The standard InChI is InChI=1S/C12H17NO3S/c1-8-4-2-3-5-10(8)16-6-9-7-17-11(13-9)12(14)15/h7-8,10H,2-6H2,1H3,(H,14,15). The third kappa shape index (κ3) is 3.26. The lowest BCUT2D eigenvalue weighted by Gasteiger charge is -2.28. The highest BCUT2D eigenvalue weighted by atomic mass is 32.1. The second-order valence-corrected chi connectivity index (χ2v) is 5.42. The Labute approximate surface area is 105 Å². The van der Waals surface area contributed by atoms with E-state index in [1.165, 1.54) is 19.3 Å².